The average molecular weight is 459 g/mol. The second kappa shape index (κ2) is 10.8. The van der Waals surface area contributed by atoms with Gasteiger partial charge in [-0.3, -0.25) is 9.10 Å². The minimum atomic E-state index is -4.03. The summed E-state index contributed by atoms with van der Waals surface area (Å²) in [5.41, 5.74) is 0.140. The molecule has 2 aromatic carbocycles. The van der Waals surface area contributed by atoms with Crippen molar-refractivity contribution in [1.29, 1.82) is 0 Å². The van der Waals surface area contributed by atoms with Crippen LogP contribution in [0.1, 0.15) is 20.3 Å². The molecule has 0 bridgehead atoms. The maximum Gasteiger partial charge on any atom is 0.264 e. The van der Waals surface area contributed by atoms with Gasteiger partial charge in [0.25, 0.3) is 10.0 Å². The largest absolute Gasteiger partial charge is 0.379 e. The molecule has 9 heteroatoms. The molecule has 0 aliphatic carbocycles. The first-order valence-electron chi connectivity index (χ1n) is 9.13. The van der Waals surface area contributed by atoms with Gasteiger partial charge in [0.05, 0.1) is 21.7 Å². The number of rotatable bonds is 10. The van der Waals surface area contributed by atoms with Crippen LogP contribution in [0.4, 0.5) is 5.69 Å². The predicted octanol–water partition coefficient (Wildman–Crippen LogP) is 4.12. The summed E-state index contributed by atoms with van der Waals surface area (Å²) in [6.07, 6.45) is 0.731. The zero-order valence-electron chi connectivity index (χ0n) is 16.3. The SMILES string of the molecule is CC(C)OCCCNC(=O)CN(c1cc(Cl)ccc1Cl)S(=O)(=O)c1ccccc1. The summed E-state index contributed by atoms with van der Waals surface area (Å²) < 4.78 is 32.8. The van der Waals surface area contributed by atoms with Gasteiger partial charge < -0.3 is 10.1 Å². The number of carbonyl (C=O) groups is 1. The number of ether oxygens (including phenoxy) is 1. The molecule has 0 fully saturated rings. The standard InChI is InChI=1S/C20H24Cl2N2O4S/c1-15(2)28-12-6-11-23-20(25)14-24(19-13-16(21)9-10-18(19)22)29(26,27)17-7-4-3-5-8-17/h3-5,7-10,13,15H,6,11-12,14H2,1-2H3,(H,23,25). The number of hydrogen-bond acceptors (Lipinski definition) is 4. The number of nitrogens with zero attached hydrogens (tertiary/aromatic N) is 1. The lowest BCUT2D eigenvalue weighted by atomic mass is 10.3. The fourth-order valence-electron chi connectivity index (χ4n) is 2.50. The maximum absolute atomic E-state index is 13.2. The van der Waals surface area contributed by atoms with Gasteiger partial charge in [0.2, 0.25) is 5.91 Å². The van der Waals surface area contributed by atoms with E-state index in [1.807, 2.05) is 13.8 Å². The fourth-order valence-corrected chi connectivity index (χ4v) is 4.39. The van der Waals surface area contributed by atoms with Crippen LogP contribution >= 0.6 is 23.2 Å². The molecule has 0 unspecified atom stereocenters. The van der Waals surface area contributed by atoms with E-state index in [4.69, 9.17) is 27.9 Å². The van der Waals surface area contributed by atoms with Crippen molar-refractivity contribution in [2.45, 2.75) is 31.3 Å². The molecule has 0 heterocycles. The van der Waals surface area contributed by atoms with Crippen molar-refractivity contribution in [3.63, 3.8) is 0 Å². The van der Waals surface area contributed by atoms with E-state index in [9.17, 15) is 13.2 Å². The molecule has 29 heavy (non-hydrogen) atoms. The van der Waals surface area contributed by atoms with E-state index in [0.29, 0.717) is 24.6 Å². The number of nitrogens with one attached hydrogen (secondary N) is 1. The number of hydrogen-bond donors (Lipinski definition) is 1. The summed E-state index contributed by atoms with van der Waals surface area (Å²) in [6.45, 7) is 4.31. The minimum absolute atomic E-state index is 0.0502. The number of carbonyl (C=O) groups excluding carboxylic acids is 1. The van der Waals surface area contributed by atoms with E-state index in [0.717, 1.165) is 4.31 Å². The smallest absolute Gasteiger partial charge is 0.264 e. The summed E-state index contributed by atoms with van der Waals surface area (Å²) in [5.74, 6) is -0.454. The number of anilines is 1. The van der Waals surface area contributed by atoms with E-state index in [1.165, 1.54) is 24.3 Å². The number of halogens is 2. The van der Waals surface area contributed by atoms with Crippen LogP contribution in [0.3, 0.4) is 0 Å². The molecule has 1 amide bonds. The Bertz CT molecular complexity index is 921. The van der Waals surface area contributed by atoms with Gasteiger partial charge in [-0.05, 0) is 50.6 Å². The second-order valence-corrected chi connectivity index (χ2v) is 9.25. The quantitative estimate of drug-likeness (QED) is 0.543. The zero-order valence-corrected chi connectivity index (χ0v) is 18.6. The maximum atomic E-state index is 13.2. The Morgan fingerprint density at radius 3 is 2.48 bits per heavy atom. The van der Waals surface area contributed by atoms with Gasteiger partial charge in [-0.1, -0.05) is 41.4 Å². The summed E-state index contributed by atoms with van der Waals surface area (Å²) >= 11 is 12.3. The van der Waals surface area contributed by atoms with Crippen molar-refractivity contribution in [2.75, 3.05) is 24.0 Å². The first kappa shape index (κ1) is 23.5. The van der Waals surface area contributed by atoms with Gasteiger partial charge in [0.1, 0.15) is 6.54 Å². The van der Waals surface area contributed by atoms with Crippen LogP contribution in [0.25, 0.3) is 0 Å². The van der Waals surface area contributed by atoms with Gasteiger partial charge in [-0.25, -0.2) is 8.42 Å². The zero-order chi connectivity index (χ0) is 21.4. The lowest BCUT2D eigenvalue weighted by Gasteiger charge is -2.25. The fraction of sp³-hybridized carbons (Fsp3) is 0.350. The van der Waals surface area contributed by atoms with Crippen LogP contribution in [0.15, 0.2) is 53.4 Å². The molecule has 0 aliphatic heterocycles. The highest BCUT2D eigenvalue weighted by Gasteiger charge is 2.28. The molecule has 0 atom stereocenters. The van der Waals surface area contributed by atoms with Crippen LogP contribution in [-0.4, -0.2) is 40.1 Å². The Labute approximate surface area is 181 Å². The second-order valence-electron chi connectivity index (χ2n) is 6.54. The Balaban J connectivity index is 2.22. The molecule has 1 N–H and O–H groups in total. The first-order valence-corrected chi connectivity index (χ1v) is 11.3. The van der Waals surface area contributed by atoms with Gasteiger partial charge in [-0.2, -0.15) is 0 Å². The topological polar surface area (TPSA) is 75.7 Å². The summed E-state index contributed by atoms with van der Waals surface area (Å²) in [6, 6.07) is 12.3. The molecule has 0 spiro atoms. The van der Waals surface area contributed by atoms with Gasteiger partial charge in [0.15, 0.2) is 0 Å². The normalized spacial score (nSPS) is 11.5. The Morgan fingerprint density at radius 1 is 1.14 bits per heavy atom. The van der Waals surface area contributed by atoms with Crippen molar-refractivity contribution in [1.82, 2.24) is 5.32 Å². The van der Waals surface area contributed by atoms with E-state index >= 15 is 0 Å². The van der Waals surface area contributed by atoms with E-state index in [2.05, 4.69) is 5.32 Å². The van der Waals surface area contributed by atoms with Crippen molar-refractivity contribution in [3.8, 4) is 0 Å². The van der Waals surface area contributed by atoms with Crippen molar-refractivity contribution < 1.29 is 17.9 Å². The monoisotopic (exact) mass is 458 g/mol. The van der Waals surface area contributed by atoms with Gasteiger partial charge in [-0.15, -0.1) is 0 Å². The molecular weight excluding hydrogens is 435 g/mol. The molecule has 2 aromatic rings. The summed E-state index contributed by atoms with van der Waals surface area (Å²) in [7, 11) is -4.03. The van der Waals surface area contributed by atoms with Crippen LogP contribution in [0, 0.1) is 0 Å². The Hall–Kier alpha value is -1.80. The first-order chi connectivity index (χ1) is 13.7. The highest BCUT2D eigenvalue weighted by atomic mass is 35.5. The summed E-state index contributed by atoms with van der Waals surface area (Å²) in [4.78, 5) is 12.5. The van der Waals surface area contributed by atoms with Crippen molar-refractivity contribution in [2.24, 2.45) is 0 Å². The number of sulfonamides is 1. The lowest BCUT2D eigenvalue weighted by Crippen LogP contribution is -2.41. The molecule has 6 nitrogen and oxygen atoms in total. The predicted molar refractivity (Wildman–Crippen MR) is 116 cm³/mol. The molecule has 0 aliphatic rings. The third kappa shape index (κ3) is 6.89. The van der Waals surface area contributed by atoms with E-state index in [1.54, 1.807) is 24.3 Å². The van der Waals surface area contributed by atoms with E-state index < -0.39 is 22.5 Å². The molecule has 0 aromatic heterocycles. The molecule has 0 radical (unpaired) electrons. The van der Waals surface area contributed by atoms with Crippen LogP contribution in [0.2, 0.25) is 10.0 Å². The Kier molecular flexibility index (Phi) is 8.77. The molecule has 158 valence electrons. The molecule has 0 saturated heterocycles. The summed E-state index contributed by atoms with van der Waals surface area (Å²) in [5, 5.41) is 3.20. The Morgan fingerprint density at radius 2 is 1.83 bits per heavy atom. The van der Waals surface area contributed by atoms with Crippen molar-refractivity contribution >= 4 is 44.8 Å². The number of benzene rings is 2. The number of amides is 1. The highest BCUT2D eigenvalue weighted by Crippen LogP contribution is 2.32. The van der Waals surface area contributed by atoms with Crippen LogP contribution in [0.5, 0.6) is 0 Å². The molecule has 0 saturated carbocycles. The van der Waals surface area contributed by atoms with Crippen LogP contribution < -0.4 is 9.62 Å². The van der Waals surface area contributed by atoms with Gasteiger partial charge >= 0.3 is 0 Å². The third-order valence-electron chi connectivity index (χ3n) is 3.89. The van der Waals surface area contributed by atoms with Crippen LogP contribution in [-0.2, 0) is 19.6 Å². The minimum Gasteiger partial charge on any atom is -0.379 e. The molecule has 2 rings (SSSR count). The molecular formula is C20H24Cl2N2O4S. The van der Waals surface area contributed by atoms with Gasteiger partial charge in [0, 0.05) is 18.2 Å². The average Bonchev–Trinajstić information content (AvgIpc) is 2.68. The van der Waals surface area contributed by atoms with Crippen molar-refractivity contribution in [3.05, 3.63) is 58.6 Å². The highest BCUT2D eigenvalue weighted by molar-refractivity contribution is 7.92. The lowest BCUT2D eigenvalue weighted by molar-refractivity contribution is -0.119. The van der Waals surface area contributed by atoms with E-state index in [-0.39, 0.29) is 21.7 Å². The third-order valence-corrected chi connectivity index (χ3v) is 6.22.